The Hall–Kier alpha value is -1.08. The lowest BCUT2D eigenvalue weighted by molar-refractivity contribution is -0.140. The highest BCUT2D eigenvalue weighted by molar-refractivity contribution is 7.08. The minimum Gasteiger partial charge on any atom is -0.480 e. The Morgan fingerprint density at radius 1 is 1.53 bits per heavy atom. The molecule has 0 saturated heterocycles. The van der Waals surface area contributed by atoms with Crippen LogP contribution in [0.1, 0.15) is 11.1 Å². The normalized spacial score (nSPS) is 13.9. The van der Waals surface area contributed by atoms with E-state index in [1.165, 1.54) is 5.38 Å². The van der Waals surface area contributed by atoms with Gasteiger partial charge >= 0.3 is 12.1 Å². The highest BCUT2D eigenvalue weighted by atomic mass is 32.1. The Morgan fingerprint density at radius 2 is 2.13 bits per heavy atom. The molecule has 0 spiro atoms. The lowest BCUT2D eigenvalue weighted by Crippen LogP contribution is -2.32. The Morgan fingerprint density at radius 3 is 2.60 bits per heavy atom. The van der Waals surface area contributed by atoms with E-state index in [1.54, 1.807) is 0 Å². The maximum absolute atomic E-state index is 12.4. The predicted octanol–water partition coefficient (Wildman–Crippen LogP) is 1.72. The Labute approximate surface area is 87.3 Å². The van der Waals surface area contributed by atoms with Gasteiger partial charge in [-0.25, -0.2) is 0 Å². The summed E-state index contributed by atoms with van der Waals surface area (Å²) in [6.07, 6.45) is -4.76. The molecule has 1 unspecified atom stereocenters. The average Bonchev–Trinajstić information content (AvgIpc) is 2.50. The van der Waals surface area contributed by atoms with E-state index >= 15 is 0 Å². The molecule has 7 heteroatoms. The predicted molar refractivity (Wildman–Crippen MR) is 48.6 cm³/mol. The van der Waals surface area contributed by atoms with Gasteiger partial charge in [0, 0.05) is 5.38 Å². The second kappa shape index (κ2) is 4.19. The third-order valence-corrected chi connectivity index (χ3v) is 2.60. The summed E-state index contributed by atoms with van der Waals surface area (Å²) in [6, 6.07) is -1.30. The van der Waals surface area contributed by atoms with E-state index in [9.17, 15) is 18.0 Å². The number of carbonyl (C=O) groups is 1. The van der Waals surface area contributed by atoms with Gasteiger partial charge in [-0.15, -0.1) is 0 Å². The van der Waals surface area contributed by atoms with Crippen LogP contribution in [0.2, 0.25) is 0 Å². The first-order valence-corrected chi connectivity index (χ1v) is 4.87. The molecule has 0 fully saturated rings. The molecule has 84 valence electrons. The van der Waals surface area contributed by atoms with Crippen molar-refractivity contribution in [2.24, 2.45) is 5.73 Å². The number of halogens is 3. The molecule has 0 aromatic carbocycles. The van der Waals surface area contributed by atoms with Gasteiger partial charge in [-0.3, -0.25) is 4.79 Å². The monoisotopic (exact) mass is 239 g/mol. The van der Waals surface area contributed by atoms with Crippen LogP contribution < -0.4 is 5.73 Å². The zero-order valence-electron chi connectivity index (χ0n) is 7.41. The molecule has 0 aliphatic heterocycles. The molecule has 0 bridgehead atoms. The number of thiophene rings is 1. The number of hydrogen-bond donors (Lipinski definition) is 2. The van der Waals surface area contributed by atoms with Crippen molar-refractivity contribution >= 4 is 17.3 Å². The van der Waals surface area contributed by atoms with Crippen LogP contribution in [0.5, 0.6) is 0 Å². The number of alkyl halides is 3. The maximum atomic E-state index is 12.4. The van der Waals surface area contributed by atoms with Crippen LogP contribution >= 0.6 is 11.3 Å². The molecule has 1 aromatic rings. The number of carboxylic acids is 1. The molecule has 0 amide bonds. The first kappa shape index (κ1) is 12.0. The smallest absolute Gasteiger partial charge is 0.417 e. The van der Waals surface area contributed by atoms with Gasteiger partial charge in [-0.05, 0) is 17.4 Å². The van der Waals surface area contributed by atoms with Gasteiger partial charge in [0.15, 0.2) is 0 Å². The van der Waals surface area contributed by atoms with Crippen molar-refractivity contribution in [1.82, 2.24) is 0 Å². The van der Waals surface area contributed by atoms with E-state index in [2.05, 4.69) is 0 Å². The summed E-state index contributed by atoms with van der Waals surface area (Å²) >= 11 is 0.878. The van der Waals surface area contributed by atoms with Crippen molar-refractivity contribution in [2.45, 2.75) is 18.6 Å². The number of rotatable bonds is 3. The van der Waals surface area contributed by atoms with E-state index in [0.29, 0.717) is 0 Å². The zero-order chi connectivity index (χ0) is 11.6. The molecule has 3 N–H and O–H groups in total. The summed E-state index contributed by atoms with van der Waals surface area (Å²) in [7, 11) is 0. The fraction of sp³-hybridized carbons (Fsp3) is 0.375. The van der Waals surface area contributed by atoms with Crippen LogP contribution in [0, 0.1) is 0 Å². The van der Waals surface area contributed by atoms with Crippen LogP contribution in [0.15, 0.2) is 10.8 Å². The van der Waals surface area contributed by atoms with Crippen molar-refractivity contribution in [3.05, 3.63) is 21.9 Å². The largest absolute Gasteiger partial charge is 0.480 e. The van der Waals surface area contributed by atoms with Gasteiger partial charge in [0.25, 0.3) is 0 Å². The first-order valence-electron chi connectivity index (χ1n) is 3.93. The van der Waals surface area contributed by atoms with Crippen LogP contribution in [0.3, 0.4) is 0 Å². The van der Waals surface area contributed by atoms with Crippen molar-refractivity contribution in [3.63, 3.8) is 0 Å². The standard InChI is InChI=1S/C8H8F3NO2S/c9-8(10,11)5-3-15-2-4(5)1-6(12)7(13)14/h2-3,6H,1,12H2,(H,13,14). The summed E-state index contributed by atoms with van der Waals surface area (Å²) in [5.41, 5.74) is 4.29. The van der Waals surface area contributed by atoms with E-state index in [1.807, 2.05) is 0 Å². The van der Waals surface area contributed by atoms with Gasteiger partial charge in [-0.2, -0.15) is 24.5 Å². The van der Waals surface area contributed by atoms with Crippen molar-refractivity contribution in [2.75, 3.05) is 0 Å². The molecule has 1 aromatic heterocycles. The second-order valence-corrected chi connectivity index (χ2v) is 3.70. The zero-order valence-corrected chi connectivity index (χ0v) is 8.23. The SMILES string of the molecule is NC(Cc1cscc1C(F)(F)F)C(=O)O. The van der Waals surface area contributed by atoms with Gasteiger partial charge in [0.1, 0.15) is 6.04 Å². The van der Waals surface area contributed by atoms with E-state index in [0.717, 1.165) is 16.7 Å². The molecule has 3 nitrogen and oxygen atoms in total. The van der Waals surface area contributed by atoms with Crippen molar-refractivity contribution in [3.8, 4) is 0 Å². The van der Waals surface area contributed by atoms with Gasteiger partial charge in [0.05, 0.1) is 5.56 Å². The van der Waals surface area contributed by atoms with E-state index in [4.69, 9.17) is 10.8 Å². The highest BCUT2D eigenvalue weighted by Gasteiger charge is 2.34. The summed E-state index contributed by atoms with van der Waals surface area (Å²) in [4.78, 5) is 10.4. The average molecular weight is 239 g/mol. The fourth-order valence-corrected chi connectivity index (χ4v) is 1.93. The molecule has 1 rings (SSSR count). The number of carboxylic acid groups (broad SMARTS) is 1. The Kier molecular flexibility index (Phi) is 3.35. The lowest BCUT2D eigenvalue weighted by atomic mass is 10.1. The molecule has 0 aliphatic carbocycles. The third-order valence-electron chi connectivity index (χ3n) is 1.80. The Balaban J connectivity index is 2.87. The summed E-state index contributed by atoms with van der Waals surface area (Å²) in [5.74, 6) is -1.31. The van der Waals surface area contributed by atoms with Gasteiger partial charge in [-0.1, -0.05) is 0 Å². The quantitative estimate of drug-likeness (QED) is 0.844. The van der Waals surface area contributed by atoms with E-state index in [-0.39, 0.29) is 12.0 Å². The highest BCUT2D eigenvalue weighted by Crippen LogP contribution is 2.34. The molecule has 0 radical (unpaired) electrons. The van der Waals surface area contributed by atoms with Gasteiger partial charge in [0.2, 0.25) is 0 Å². The van der Waals surface area contributed by atoms with Crippen LogP contribution in [-0.4, -0.2) is 17.1 Å². The molecular weight excluding hydrogens is 231 g/mol. The van der Waals surface area contributed by atoms with Gasteiger partial charge < -0.3 is 10.8 Å². The van der Waals surface area contributed by atoms with Crippen molar-refractivity contribution < 1.29 is 23.1 Å². The summed E-state index contributed by atoms with van der Waals surface area (Å²) < 4.78 is 37.1. The topological polar surface area (TPSA) is 63.3 Å². The number of aliphatic carboxylic acids is 1. The molecular formula is C8H8F3NO2S. The van der Waals surface area contributed by atoms with Crippen LogP contribution in [0.4, 0.5) is 13.2 Å². The Bertz CT molecular complexity index is 361. The fourth-order valence-electron chi connectivity index (χ4n) is 1.05. The van der Waals surface area contributed by atoms with Crippen molar-refractivity contribution in [1.29, 1.82) is 0 Å². The summed E-state index contributed by atoms with van der Waals surface area (Å²) in [6.45, 7) is 0. The van der Waals surface area contributed by atoms with E-state index < -0.39 is 23.8 Å². The molecule has 0 aliphatic rings. The first-order chi connectivity index (χ1) is 6.82. The number of hydrogen-bond acceptors (Lipinski definition) is 3. The summed E-state index contributed by atoms with van der Waals surface area (Å²) in [5, 5.41) is 10.7. The maximum Gasteiger partial charge on any atom is 0.417 e. The molecule has 0 saturated carbocycles. The molecule has 1 atom stereocenters. The number of nitrogens with two attached hydrogens (primary N) is 1. The molecule has 15 heavy (non-hydrogen) atoms. The van der Waals surface area contributed by atoms with Crippen LogP contribution in [-0.2, 0) is 17.4 Å². The lowest BCUT2D eigenvalue weighted by Gasteiger charge is -2.09. The molecule has 1 heterocycles. The second-order valence-electron chi connectivity index (χ2n) is 2.96. The minimum absolute atomic E-state index is 0.0672. The third kappa shape index (κ3) is 2.93. The van der Waals surface area contributed by atoms with Crippen LogP contribution in [0.25, 0.3) is 0 Å². The minimum atomic E-state index is -4.45.